The summed E-state index contributed by atoms with van der Waals surface area (Å²) in [5.74, 6) is 0.0407. The Kier molecular flexibility index (Phi) is 4.92. The van der Waals surface area contributed by atoms with Crippen molar-refractivity contribution in [2.24, 2.45) is 5.73 Å². The van der Waals surface area contributed by atoms with E-state index in [9.17, 15) is 9.59 Å². The van der Waals surface area contributed by atoms with Crippen LogP contribution in [-0.4, -0.2) is 24.0 Å². The lowest BCUT2D eigenvalue weighted by molar-refractivity contribution is -0.117. The van der Waals surface area contributed by atoms with Crippen LogP contribution in [0.1, 0.15) is 37.6 Å². The average Bonchev–Trinajstić information content (AvgIpc) is 2.27. The van der Waals surface area contributed by atoms with Gasteiger partial charge in [-0.3, -0.25) is 9.59 Å². The number of carbonyl (C=O) groups is 2. The SMILES string of the molecule is CC(C)(C)Oc1ccc(C(=O)NCCC(N)=O)cc1. The fraction of sp³-hybridized carbons (Fsp3) is 0.429. The Morgan fingerprint density at radius 2 is 1.79 bits per heavy atom. The molecule has 5 heteroatoms. The summed E-state index contributed by atoms with van der Waals surface area (Å²) in [7, 11) is 0. The number of hydrogen-bond donors (Lipinski definition) is 2. The fourth-order valence-corrected chi connectivity index (χ4v) is 1.43. The maximum Gasteiger partial charge on any atom is 0.251 e. The molecule has 0 bridgehead atoms. The second kappa shape index (κ2) is 6.22. The van der Waals surface area contributed by atoms with E-state index < -0.39 is 5.91 Å². The van der Waals surface area contributed by atoms with Gasteiger partial charge in [0, 0.05) is 18.5 Å². The molecule has 0 saturated carbocycles. The highest BCUT2D eigenvalue weighted by Gasteiger charge is 2.12. The van der Waals surface area contributed by atoms with E-state index in [1.54, 1.807) is 24.3 Å². The molecule has 1 aromatic rings. The lowest BCUT2D eigenvalue weighted by atomic mass is 10.1. The van der Waals surface area contributed by atoms with Crippen LogP contribution in [-0.2, 0) is 4.79 Å². The smallest absolute Gasteiger partial charge is 0.251 e. The molecular formula is C14H20N2O3. The second-order valence-corrected chi connectivity index (χ2v) is 5.21. The number of benzene rings is 1. The fourth-order valence-electron chi connectivity index (χ4n) is 1.43. The van der Waals surface area contributed by atoms with Crippen LogP contribution in [0.2, 0.25) is 0 Å². The molecule has 0 fully saturated rings. The van der Waals surface area contributed by atoms with Gasteiger partial charge >= 0.3 is 0 Å². The number of nitrogens with one attached hydrogen (secondary N) is 1. The normalized spacial score (nSPS) is 10.9. The van der Waals surface area contributed by atoms with E-state index in [0.29, 0.717) is 11.3 Å². The van der Waals surface area contributed by atoms with Gasteiger partial charge in [-0.1, -0.05) is 0 Å². The topological polar surface area (TPSA) is 81.4 Å². The van der Waals surface area contributed by atoms with E-state index in [0.717, 1.165) is 0 Å². The van der Waals surface area contributed by atoms with Gasteiger partial charge in [0.25, 0.3) is 5.91 Å². The summed E-state index contributed by atoms with van der Waals surface area (Å²) in [4.78, 5) is 22.3. The highest BCUT2D eigenvalue weighted by molar-refractivity contribution is 5.94. The molecule has 5 nitrogen and oxygen atoms in total. The zero-order valence-electron chi connectivity index (χ0n) is 11.5. The molecule has 1 aromatic carbocycles. The molecule has 0 unspecified atom stereocenters. The third-order valence-corrected chi connectivity index (χ3v) is 2.20. The lowest BCUT2D eigenvalue weighted by Crippen LogP contribution is -2.27. The number of nitrogens with two attached hydrogens (primary N) is 1. The van der Waals surface area contributed by atoms with Gasteiger partial charge in [-0.15, -0.1) is 0 Å². The van der Waals surface area contributed by atoms with Gasteiger partial charge in [0.2, 0.25) is 5.91 Å². The van der Waals surface area contributed by atoms with Gasteiger partial charge in [0.1, 0.15) is 11.4 Å². The van der Waals surface area contributed by atoms with Gasteiger partial charge in [-0.25, -0.2) is 0 Å². The van der Waals surface area contributed by atoms with Crippen LogP contribution >= 0.6 is 0 Å². The standard InChI is InChI=1S/C14H20N2O3/c1-14(2,3)19-11-6-4-10(5-7-11)13(18)16-9-8-12(15)17/h4-7H,8-9H2,1-3H3,(H2,15,17)(H,16,18). The van der Waals surface area contributed by atoms with E-state index >= 15 is 0 Å². The van der Waals surface area contributed by atoms with Crippen LogP contribution in [0.25, 0.3) is 0 Å². The average molecular weight is 264 g/mol. The molecule has 0 atom stereocenters. The second-order valence-electron chi connectivity index (χ2n) is 5.21. The Bertz CT molecular complexity index is 447. The zero-order valence-corrected chi connectivity index (χ0v) is 11.5. The Morgan fingerprint density at radius 1 is 1.21 bits per heavy atom. The number of hydrogen-bond acceptors (Lipinski definition) is 3. The first-order valence-corrected chi connectivity index (χ1v) is 6.13. The van der Waals surface area contributed by atoms with Crippen molar-refractivity contribution in [1.29, 1.82) is 0 Å². The van der Waals surface area contributed by atoms with Crippen molar-refractivity contribution >= 4 is 11.8 Å². The van der Waals surface area contributed by atoms with Crippen molar-refractivity contribution < 1.29 is 14.3 Å². The number of ether oxygens (including phenoxy) is 1. The number of primary amides is 1. The van der Waals surface area contributed by atoms with Crippen LogP contribution in [0.15, 0.2) is 24.3 Å². The summed E-state index contributed by atoms with van der Waals surface area (Å²) in [5, 5.41) is 2.62. The minimum atomic E-state index is -0.436. The van der Waals surface area contributed by atoms with E-state index in [1.807, 2.05) is 20.8 Å². The Labute approximate surface area is 113 Å². The monoisotopic (exact) mass is 264 g/mol. The Balaban J connectivity index is 2.56. The van der Waals surface area contributed by atoms with Gasteiger partial charge < -0.3 is 15.8 Å². The molecule has 19 heavy (non-hydrogen) atoms. The van der Waals surface area contributed by atoms with E-state index in [4.69, 9.17) is 10.5 Å². The zero-order chi connectivity index (χ0) is 14.5. The summed E-state index contributed by atoms with van der Waals surface area (Å²) in [6.45, 7) is 6.11. The largest absolute Gasteiger partial charge is 0.488 e. The lowest BCUT2D eigenvalue weighted by Gasteiger charge is -2.21. The highest BCUT2D eigenvalue weighted by atomic mass is 16.5. The molecule has 0 aliphatic carbocycles. The maximum absolute atomic E-state index is 11.7. The first-order valence-electron chi connectivity index (χ1n) is 6.13. The molecule has 2 amide bonds. The molecule has 104 valence electrons. The maximum atomic E-state index is 11.7. The molecule has 0 spiro atoms. The van der Waals surface area contributed by atoms with E-state index in [2.05, 4.69) is 5.32 Å². The molecule has 0 aliphatic heterocycles. The summed E-state index contributed by atoms with van der Waals surface area (Å²) in [6, 6.07) is 6.85. The van der Waals surface area contributed by atoms with Crippen molar-refractivity contribution in [3.05, 3.63) is 29.8 Å². The van der Waals surface area contributed by atoms with Crippen molar-refractivity contribution in [1.82, 2.24) is 5.32 Å². The van der Waals surface area contributed by atoms with E-state index in [1.165, 1.54) is 0 Å². The van der Waals surface area contributed by atoms with Crippen LogP contribution in [0, 0.1) is 0 Å². The van der Waals surface area contributed by atoms with Crippen molar-refractivity contribution in [2.45, 2.75) is 32.8 Å². The van der Waals surface area contributed by atoms with Gasteiger partial charge in [-0.05, 0) is 45.0 Å². The summed E-state index contributed by atoms with van der Waals surface area (Å²) < 4.78 is 5.66. The molecule has 1 rings (SSSR count). The Hall–Kier alpha value is -2.04. The third-order valence-electron chi connectivity index (χ3n) is 2.20. The summed E-state index contributed by atoms with van der Waals surface area (Å²) in [5.41, 5.74) is 5.24. The quantitative estimate of drug-likeness (QED) is 0.845. The molecule has 0 saturated heterocycles. The van der Waals surface area contributed by atoms with Crippen LogP contribution in [0.3, 0.4) is 0 Å². The van der Waals surface area contributed by atoms with Gasteiger partial charge in [0.15, 0.2) is 0 Å². The number of carbonyl (C=O) groups excluding carboxylic acids is 2. The minimum Gasteiger partial charge on any atom is -0.488 e. The van der Waals surface area contributed by atoms with Crippen molar-refractivity contribution in [2.75, 3.05) is 6.54 Å². The van der Waals surface area contributed by atoms with Crippen molar-refractivity contribution in [3.8, 4) is 5.75 Å². The van der Waals surface area contributed by atoms with Gasteiger partial charge in [-0.2, -0.15) is 0 Å². The summed E-state index contributed by atoms with van der Waals surface area (Å²) >= 11 is 0. The molecule has 0 heterocycles. The first-order chi connectivity index (χ1) is 8.78. The first kappa shape index (κ1) is 15.0. The predicted molar refractivity (Wildman–Crippen MR) is 73.0 cm³/mol. The van der Waals surface area contributed by atoms with Crippen LogP contribution in [0.4, 0.5) is 0 Å². The Morgan fingerprint density at radius 3 is 2.26 bits per heavy atom. The van der Waals surface area contributed by atoms with Crippen molar-refractivity contribution in [3.63, 3.8) is 0 Å². The van der Waals surface area contributed by atoms with Crippen LogP contribution < -0.4 is 15.8 Å². The third kappa shape index (κ3) is 5.90. The van der Waals surface area contributed by atoms with Gasteiger partial charge in [0.05, 0.1) is 0 Å². The molecule has 3 N–H and O–H groups in total. The summed E-state index contributed by atoms with van der Waals surface area (Å²) in [6.07, 6.45) is 0.136. The molecule has 0 radical (unpaired) electrons. The number of rotatable bonds is 5. The number of amides is 2. The van der Waals surface area contributed by atoms with Crippen LogP contribution in [0.5, 0.6) is 5.75 Å². The highest BCUT2D eigenvalue weighted by Crippen LogP contribution is 2.18. The molecule has 0 aromatic heterocycles. The predicted octanol–water partition coefficient (Wildman–Crippen LogP) is 1.47. The minimum absolute atomic E-state index is 0.136. The van der Waals surface area contributed by atoms with E-state index in [-0.39, 0.29) is 24.5 Å². The molecule has 0 aliphatic rings. The molecular weight excluding hydrogens is 244 g/mol.